The minimum atomic E-state index is -4.18. The van der Waals surface area contributed by atoms with Crippen LogP contribution in [0, 0.1) is 0 Å². The lowest BCUT2D eigenvalue weighted by atomic mass is 10.2. The van der Waals surface area contributed by atoms with E-state index in [4.69, 9.17) is 4.74 Å². The predicted molar refractivity (Wildman–Crippen MR) is 89.0 cm³/mol. The first kappa shape index (κ1) is 18.9. The normalized spacial score (nSPS) is 23.3. The summed E-state index contributed by atoms with van der Waals surface area (Å²) in [4.78, 5) is 15.4. The zero-order chi connectivity index (χ0) is 18.7. The van der Waals surface area contributed by atoms with Crippen LogP contribution in [0.5, 0.6) is 0 Å². The number of fused-ring (bicyclic) bond motifs is 2. The van der Waals surface area contributed by atoms with Crippen molar-refractivity contribution >= 4 is 11.8 Å². The summed E-state index contributed by atoms with van der Waals surface area (Å²) >= 11 is 0. The second-order valence-corrected chi connectivity index (χ2v) is 6.84. The molecule has 2 unspecified atom stereocenters. The summed E-state index contributed by atoms with van der Waals surface area (Å²) in [5, 5.41) is 8.00. The molecule has 144 valence electrons. The maximum Gasteiger partial charge on any atom is 0.401 e. The van der Waals surface area contributed by atoms with Gasteiger partial charge in [-0.05, 0) is 31.4 Å². The number of piperazine rings is 1. The van der Waals surface area contributed by atoms with Gasteiger partial charge in [-0.25, -0.2) is 4.79 Å². The SMILES string of the molecule is CCCCOC(=O)c1ccc(N2CC3CCC(C2)N3CC(F)(F)F)nn1. The molecule has 9 heteroatoms. The minimum absolute atomic E-state index is 0.129. The highest BCUT2D eigenvalue weighted by atomic mass is 19.4. The van der Waals surface area contributed by atoms with Crippen LogP contribution in [0.15, 0.2) is 12.1 Å². The average Bonchev–Trinajstić information content (AvgIpc) is 2.82. The molecule has 0 aromatic carbocycles. The highest BCUT2D eigenvalue weighted by molar-refractivity contribution is 5.87. The number of rotatable bonds is 6. The molecule has 0 amide bonds. The Kier molecular flexibility index (Phi) is 5.64. The van der Waals surface area contributed by atoms with Gasteiger partial charge in [0.25, 0.3) is 0 Å². The molecule has 1 aromatic heterocycles. The Morgan fingerprint density at radius 3 is 2.46 bits per heavy atom. The number of alkyl halides is 3. The lowest BCUT2D eigenvalue weighted by Crippen LogP contribution is -2.56. The molecule has 0 radical (unpaired) electrons. The monoisotopic (exact) mass is 372 g/mol. The number of nitrogens with zero attached hydrogens (tertiary/aromatic N) is 4. The third kappa shape index (κ3) is 4.44. The molecule has 1 aromatic rings. The number of unbranched alkanes of at least 4 members (excludes halogenated alkanes) is 1. The van der Waals surface area contributed by atoms with Crippen LogP contribution in [0.3, 0.4) is 0 Å². The maximum atomic E-state index is 12.7. The van der Waals surface area contributed by atoms with Gasteiger partial charge in [0.05, 0.1) is 13.2 Å². The second-order valence-electron chi connectivity index (χ2n) is 6.84. The zero-order valence-corrected chi connectivity index (χ0v) is 14.7. The van der Waals surface area contributed by atoms with E-state index in [-0.39, 0.29) is 17.8 Å². The quantitative estimate of drug-likeness (QED) is 0.565. The van der Waals surface area contributed by atoms with Crippen molar-refractivity contribution in [1.29, 1.82) is 0 Å². The molecule has 0 spiro atoms. The highest BCUT2D eigenvalue weighted by Crippen LogP contribution is 2.34. The summed E-state index contributed by atoms with van der Waals surface area (Å²) in [5.74, 6) is 0.0752. The second kappa shape index (κ2) is 7.77. The number of ether oxygens (including phenoxy) is 1. The number of halogens is 3. The van der Waals surface area contributed by atoms with Gasteiger partial charge in [0, 0.05) is 25.2 Å². The molecular weight excluding hydrogens is 349 g/mol. The number of hydrogen-bond donors (Lipinski definition) is 0. The van der Waals surface area contributed by atoms with Crippen LogP contribution in [0.1, 0.15) is 43.1 Å². The van der Waals surface area contributed by atoms with E-state index in [1.165, 1.54) is 0 Å². The van der Waals surface area contributed by atoms with Gasteiger partial charge in [-0.1, -0.05) is 13.3 Å². The molecule has 6 nitrogen and oxygen atoms in total. The first-order chi connectivity index (χ1) is 12.4. The first-order valence-electron chi connectivity index (χ1n) is 8.95. The summed E-state index contributed by atoms with van der Waals surface area (Å²) in [5.41, 5.74) is 0.142. The Bertz CT molecular complexity index is 609. The Hall–Kier alpha value is -1.90. The van der Waals surface area contributed by atoms with Gasteiger partial charge in [-0.2, -0.15) is 13.2 Å². The Morgan fingerprint density at radius 1 is 1.23 bits per heavy atom. The Balaban J connectivity index is 1.60. The largest absolute Gasteiger partial charge is 0.461 e. The van der Waals surface area contributed by atoms with Crippen molar-refractivity contribution in [3.63, 3.8) is 0 Å². The molecule has 2 saturated heterocycles. The fourth-order valence-electron chi connectivity index (χ4n) is 3.63. The van der Waals surface area contributed by atoms with Gasteiger partial charge in [0.15, 0.2) is 11.5 Å². The molecule has 3 rings (SSSR count). The van der Waals surface area contributed by atoms with Crippen LogP contribution >= 0.6 is 0 Å². The fourth-order valence-corrected chi connectivity index (χ4v) is 3.63. The topological polar surface area (TPSA) is 58.6 Å². The lowest BCUT2D eigenvalue weighted by molar-refractivity contribution is -0.153. The van der Waals surface area contributed by atoms with Gasteiger partial charge < -0.3 is 9.64 Å². The van der Waals surface area contributed by atoms with E-state index in [2.05, 4.69) is 10.2 Å². The molecule has 3 heterocycles. The number of hydrogen-bond acceptors (Lipinski definition) is 6. The van der Waals surface area contributed by atoms with Crippen LogP contribution in [0.4, 0.5) is 19.0 Å². The van der Waals surface area contributed by atoms with Crippen molar-refractivity contribution in [2.75, 3.05) is 31.1 Å². The number of carbonyl (C=O) groups excluding carboxylic acids is 1. The lowest BCUT2D eigenvalue weighted by Gasteiger charge is -2.41. The molecule has 26 heavy (non-hydrogen) atoms. The fraction of sp³-hybridized carbons (Fsp3) is 0.706. The van der Waals surface area contributed by atoms with E-state index in [9.17, 15) is 18.0 Å². The van der Waals surface area contributed by atoms with Crippen molar-refractivity contribution in [3.8, 4) is 0 Å². The number of aromatic nitrogens is 2. The predicted octanol–water partition coefficient (Wildman–Crippen LogP) is 2.65. The van der Waals surface area contributed by atoms with Crippen LogP contribution in [0.2, 0.25) is 0 Å². The van der Waals surface area contributed by atoms with E-state index in [1.807, 2.05) is 11.8 Å². The highest BCUT2D eigenvalue weighted by Gasteiger charge is 2.45. The Labute approximate surface area is 150 Å². The van der Waals surface area contributed by atoms with Crippen LogP contribution in [0.25, 0.3) is 0 Å². The molecule has 2 aliphatic heterocycles. The van der Waals surface area contributed by atoms with Crippen molar-refractivity contribution < 1.29 is 22.7 Å². The van der Waals surface area contributed by atoms with E-state index >= 15 is 0 Å². The third-order valence-corrected chi connectivity index (χ3v) is 4.91. The summed E-state index contributed by atoms with van der Waals surface area (Å²) in [7, 11) is 0. The Morgan fingerprint density at radius 2 is 1.92 bits per heavy atom. The van der Waals surface area contributed by atoms with Gasteiger partial charge in [0.2, 0.25) is 0 Å². The van der Waals surface area contributed by atoms with Crippen LogP contribution in [-0.2, 0) is 4.74 Å². The van der Waals surface area contributed by atoms with Crippen molar-refractivity contribution in [1.82, 2.24) is 15.1 Å². The molecule has 2 fully saturated rings. The van der Waals surface area contributed by atoms with E-state index in [1.54, 1.807) is 17.0 Å². The van der Waals surface area contributed by atoms with Crippen molar-refractivity contribution in [3.05, 3.63) is 17.8 Å². The summed E-state index contributed by atoms with van der Waals surface area (Å²) < 4.78 is 43.3. The van der Waals surface area contributed by atoms with Gasteiger partial charge >= 0.3 is 12.1 Å². The molecule has 2 atom stereocenters. The number of carbonyl (C=O) groups is 1. The van der Waals surface area contributed by atoms with Crippen molar-refractivity contribution in [2.24, 2.45) is 0 Å². The first-order valence-corrected chi connectivity index (χ1v) is 8.95. The molecule has 0 N–H and O–H groups in total. The van der Waals surface area contributed by atoms with E-state index in [0.29, 0.717) is 25.5 Å². The third-order valence-electron chi connectivity index (χ3n) is 4.91. The molecule has 0 saturated carbocycles. The number of esters is 1. The standard InChI is InChI=1S/C17H23F3N4O2/c1-2-3-8-26-16(25)14-6-7-15(22-21-14)23-9-12-4-5-13(10-23)24(12)11-17(18,19)20/h6-7,12-13H,2-5,8-11H2,1H3. The smallest absolute Gasteiger partial charge is 0.401 e. The van der Waals surface area contributed by atoms with E-state index in [0.717, 1.165) is 25.7 Å². The summed E-state index contributed by atoms with van der Waals surface area (Å²) in [6, 6.07) is 2.98. The van der Waals surface area contributed by atoms with E-state index < -0.39 is 18.7 Å². The van der Waals surface area contributed by atoms with Gasteiger partial charge in [-0.3, -0.25) is 4.90 Å². The molecule has 2 aliphatic rings. The number of anilines is 1. The molecular formula is C17H23F3N4O2. The maximum absolute atomic E-state index is 12.7. The van der Waals surface area contributed by atoms with Gasteiger partial charge in [0.1, 0.15) is 0 Å². The van der Waals surface area contributed by atoms with Crippen molar-refractivity contribution in [2.45, 2.75) is 50.9 Å². The average molecular weight is 372 g/mol. The van der Waals surface area contributed by atoms with Gasteiger partial charge in [-0.15, -0.1) is 10.2 Å². The minimum Gasteiger partial charge on any atom is -0.461 e. The summed E-state index contributed by atoms with van der Waals surface area (Å²) in [6.45, 7) is 2.47. The summed E-state index contributed by atoms with van der Waals surface area (Å²) in [6.07, 6.45) is -0.940. The zero-order valence-electron chi connectivity index (χ0n) is 14.7. The van der Waals surface area contributed by atoms with Crippen LogP contribution < -0.4 is 4.90 Å². The van der Waals surface area contributed by atoms with Crippen LogP contribution in [-0.4, -0.2) is 65.6 Å². The molecule has 2 bridgehead atoms. The molecule has 0 aliphatic carbocycles.